The number of rotatable bonds is 5. The molecule has 2 heterocycles. The second-order valence-electron chi connectivity index (χ2n) is 6.41. The van der Waals surface area contributed by atoms with Gasteiger partial charge in [0.1, 0.15) is 5.75 Å². The third-order valence-electron chi connectivity index (χ3n) is 4.33. The first-order chi connectivity index (χ1) is 12.3. The molecule has 0 bridgehead atoms. The smallest absolute Gasteiger partial charge is 0.263 e. The summed E-state index contributed by atoms with van der Waals surface area (Å²) < 4.78 is 5.42. The Balaban J connectivity index is 1.68. The molecule has 2 aromatic rings. The molecule has 0 saturated carbocycles. The molecule has 0 unspecified atom stereocenters. The molecule has 0 atom stereocenters. The molecule has 1 aliphatic rings. The number of aromatic nitrogens is 2. The van der Waals surface area contributed by atoms with Crippen LogP contribution in [0.15, 0.2) is 36.9 Å². The molecular weight excluding hydrogens is 356 g/mol. The van der Waals surface area contributed by atoms with E-state index in [1.807, 2.05) is 13.8 Å². The fourth-order valence-corrected chi connectivity index (χ4v) is 3.14. The quantitative estimate of drug-likeness (QED) is 0.788. The van der Waals surface area contributed by atoms with Crippen molar-refractivity contribution >= 4 is 29.2 Å². The Morgan fingerprint density at radius 2 is 2.27 bits per heavy atom. The van der Waals surface area contributed by atoms with Crippen molar-refractivity contribution < 1.29 is 14.3 Å². The van der Waals surface area contributed by atoms with Gasteiger partial charge in [-0.05, 0) is 38.1 Å². The number of aromatic amines is 1. The van der Waals surface area contributed by atoms with Gasteiger partial charge in [-0.15, -0.1) is 0 Å². The molecule has 0 aliphatic carbocycles. The van der Waals surface area contributed by atoms with Crippen molar-refractivity contribution in [2.24, 2.45) is 0 Å². The zero-order valence-corrected chi connectivity index (χ0v) is 15.3. The van der Waals surface area contributed by atoms with Gasteiger partial charge in [-0.3, -0.25) is 14.7 Å². The first-order valence-electron chi connectivity index (χ1n) is 8.03. The number of fused-ring (bicyclic) bond motifs is 1. The second-order valence-corrected chi connectivity index (χ2v) is 6.84. The summed E-state index contributed by atoms with van der Waals surface area (Å²) in [6, 6.07) is 6.80. The number of benzene rings is 1. The third-order valence-corrected chi connectivity index (χ3v) is 4.57. The van der Waals surface area contributed by atoms with Crippen LogP contribution in [0.2, 0.25) is 5.02 Å². The number of ether oxygens (including phenoxy) is 1. The molecule has 136 valence electrons. The highest BCUT2D eigenvalue weighted by atomic mass is 35.5. The molecule has 0 fully saturated rings. The minimum absolute atomic E-state index is 0.179. The fraction of sp³-hybridized carbons (Fsp3) is 0.278. The average molecular weight is 375 g/mol. The van der Waals surface area contributed by atoms with Crippen LogP contribution in [0.4, 0.5) is 5.82 Å². The van der Waals surface area contributed by atoms with Crippen LogP contribution >= 0.6 is 11.6 Å². The van der Waals surface area contributed by atoms with Crippen molar-refractivity contribution in [2.75, 3.05) is 11.9 Å². The van der Waals surface area contributed by atoms with Gasteiger partial charge in [0.2, 0.25) is 5.91 Å². The summed E-state index contributed by atoms with van der Waals surface area (Å²) >= 11 is 5.88. The van der Waals surface area contributed by atoms with Crippen LogP contribution in [0, 0.1) is 0 Å². The number of hydrogen-bond donors (Lipinski definition) is 2. The molecule has 0 spiro atoms. The van der Waals surface area contributed by atoms with Crippen LogP contribution in [-0.4, -0.2) is 33.5 Å². The van der Waals surface area contributed by atoms with E-state index >= 15 is 0 Å². The van der Waals surface area contributed by atoms with E-state index in [1.54, 1.807) is 29.2 Å². The summed E-state index contributed by atoms with van der Waals surface area (Å²) in [7, 11) is 0. The van der Waals surface area contributed by atoms with Crippen molar-refractivity contribution in [3.8, 4) is 5.75 Å². The predicted octanol–water partition coefficient (Wildman–Crippen LogP) is 2.84. The molecule has 0 saturated heterocycles. The van der Waals surface area contributed by atoms with Crippen molar-refractivity contribution in [3.63, 3.8) is 0 Å². The van der Waals surface area contributed by atoms with Gasteiger partial charge in [0.15, 0.2) is 12.4 Å². The number of nitrogens with zero attached hydrogens (tertiary/aromatic N) is 2. The molecule has 2 N–H and O–H groups in total. The normalized spacial score (nSPS) is 14.7. The van der Waals surface area contributed by atoms with Gasteiger partial charge < -0.3 is 15.0 Å². The van der Waals surface area contributed by atoms with Crippen molar-refractivity contribution in [1.82, 2.24) is 15.1 Å². The van der Waals surface area contributed by atoms with E-state index in [-0.39, 0.29) is 18.4 Å². The van der Waals surface area contributed by atoms with Gasteiger partial charge in [0.05, 0.1) is 17.8 Å². The zero-order valence-electron chi connectivity index (χ0n) is 14.5. The van der Waals surface area contributed by atoms with E-state index < -0.39 is 5.54 Å². The van der Waals surface area contributed by atoms with Crippen LogP contribution in [0.1, 0.15) is 25.1 Å². The van der Waals surface area contributed by atoms with Crippen LogP contribution in [0.25, 0.3) is 0 Å². The molecule has 7 nitrogen and oxygen atoms in total. The topological polar surface area (TPSA) is 87.3 Å². The Kier molecular flexibility index (Phi) is 4.73. The molecule has 1 aliphatic heterocycles. The standard InChI is InChI=1S/C18H19ClN4O3/c1-4-15(25)23-9-13-16(18(23,2)3)21-22-17(13)20-14(24)10-26-12-7-5-6-11(19)8-12/h4-8H,1,9-10H2,2-3H3,(H2,20,21,22,24). The number of carbonyl (C=O) groups is 2. The van der Waals surface area contributed by atoms with Crippen LogP contribution < -0.4 is 10.1 Å². The van der Waals surface area contributed by atoms with Crippen molar-refractivity contribution in [3.05, 3.63) is 53.2 Å². The summed E-state index contributed by atoms with van der Waals surface area (Å²) in [4.78, 5) is 25.9. The summed E-state index contributed by atoms with van der Waals surface area (Å²) in [5.74, 6) is 0.364. The predicted molar refractivity (Wildman–Crippen MR) is 97.9 cm³/mol. The highest BCUT2D eigenvalue weighted by Gasteiger charge is 2.43. The number of H-pyrrole nitrogens is 1. The second kappa shape index (κ2) is 6.84. The molecule has 1 aromatic heterocycles. The molecular formula is C18H19ClN4O3. The molecule has 26 heavy (non-hydrogen) atoms. The summed E-state index contributed by atoms with van der Waals surface area (Å²) in [5, 5.41) is 10.3. The minimum atomic E-state index is -0.562. The minimum Gasteiger partial charge on any atom is -0.484 e. The zero-order chi connectivity index (χ0) is 18.9. The lowest BCUT2D eigenvalue weighted by Crippen LogP contribution is -2.39. The SMILES string of the molecule is C=CC(=O)N1Cc2c(NC(=O)COc3cccc(Cl)c3)n[nH]c2C1(C)C. The summed E-state index contributed by atoms with van der Waals surface area (Å²) in [6.07, 6.45) is 1.28. The Bertz CT molecular complexity index is 875. The van der Waals surface area contributed by atoms with E-state index in [0.29, 0.717) is 23.1 Å². The van der Waals surface area contributed by atoms with Gasteiger partial charge in [-0.25, -0.2) is 0 Å². The number of amides is 2. The molecule has 8 heteroatoms. The Hall–Kier alpha value is -2.80. The lowest BCUT2D eigenvalue weighted by Gasteiger charge is -2.30. The third kappa shape index (κ3) is 3.30. The first kappa shape index (κ1) is 18.0. The monoisotopic (exact) mass is 374 g/mol. The Morgan fingerprint density at radius 1 is 1.50 bits per heavy atom. The van der Waals surface area contributed by atoms with E-state index in [4.69, 9.17) is 16.3 Å². The van der Waals surface area contributed by atoms with Gasteiger partial charge in [0, 0.05) is 10.6 Å². The van der Waals surface area contributed by atoms with Gasteiger partial charge in [-0.2, -0.15) is 5.10 Å². The van der Waals surface area contributed by atoms with Gasteiger partial charge in [-0.1, -0.05) is 24.2 Å². The summed E-state index contributed by atoms with van der Waals surface area (Å²) in [6.45, 7) is 7.52. The molecule has 1 aromatic carbocycles. The first-order valence-corrected chi connectivity index (χ1v) is 8.40. The highest BCUT2D eigenvalue weighted by molar-refractivity contribution is 6.30. The van der Waals surface area contributed by atoms with Crippen LogP contribution in [0.3, 0.4) is 0 Å². The Labute approximate surface area is 156 Å². The van der Waals surface area contributed by atoms with E-state index in [9.17, 15) is 9.59 Å². The number of hydrogen-bond acceptors (Lipinski definition) is 4. The van der Waals surface area contributed by atoms with E-state index in [2.05, 4.69) is 22.1 Å². The van der Waals surface area contributed by atoms with Crippen molar-refractivity contribution in [1.29, 1.82) is 0 Å². The van der Waals surface area contributed by atoms with E-state index in [0.717, 1.165) is 11.3 Å². The summed E-state index contributed by atoms with van der Waals surface area (Å²) in [5.41, 5.74) is 1.01. The van der Waals surface area contributed by atoms with Crippen LogP contribution in [0.5, 0.6) is 5.75 Å². The fourth-order valence-electron chi connectivity index (χ4n) is 2.96. The number of nitrogens with one attached hydrogen (secondary N) is 2. The highest BCUT2D eigenvalue weighted by Crippen LogP contribution is 2.40. The lowest BCUT2D eigenvalue weighted by atomic mass is 10.0. The maximum Gasteiger partial charge on any atom is 0.263 e. The molecule has 2 amide bonds. The van der Waals surface area contributed by atoms with Gasteiger partial charge >= 0.3 is 0 Å². The average Bonchev–Trinajstić information content (AvgIpc) is 3.11. The number of anilines is 1. The van der Waals surface area contributed by atoms with Crippen molar-refractivity contribution in [2.45, 2.75) is 25.9 Å². The van der Waals surface area contributed by atoms with Crippen LogP contribution in [-0.2, 0) is 21.7 Å². The number of halogens is 1. The van der Waals surface area contributed by atoms with E-state index in [1.165, 1.54) is 6.08 Å². The maximum absolute atomic E-state index is 12.2. The lowest BCUT2D eigenvalue weighted by molar-refractivity contribution is -0.131. The molecule has 0 radical (unpaired) electrons. The number of carbonyl (C=O) groups excluding carboxylic acids is 2. The van der Waals surface area contributed by atoms with Gasteiger partial charge in [0.25, 0.3) is 5.91 Å². The molecule has 3 rings (SSSR count). The maximum atomic E-state index is 12.2. The largest absolute Gasteiger partial charge is 0.484 e. The Morgan fingerprint density at radius 3 is 2.96 bits per heavy atom.